The Balaban J connectivity index is 1.48. The van der Waals surface area contributed by atoms with Crippen LogP contribution in [0.2, 0.25) is 0 Å². The molecule has 1 N–H and O–H groups in total. The summed E-state index contributed by atoms with van der Waals surface area (Å²) in [5.74, 6) is -0.537. The molecule has 7 nitrogen and oxygen atoms in total. The number of ether oxygens (including phenoxy) is 2. The van der Waals surface area contributed by atoms with Gasteiger partial charge in [0.25, 0.3) is 5.91 Å². The smallest absolute Gasteiger partial charge is 0.326 e. The van der Waals surface area contributed by atoms with E-state index in [1.54, 1.807) is 24.3 Å². The van der Waals surface area contributed by atoms with Crippen LogP contribution in [0.25, 0.3) is 0 Å². The largest absolute Gasteiger partial charge is 0.493 e. The van der Waals surface area contributed by atoms with Crippen LogP contribution < -0.4 is 10.1 Å². The number of hydrogen-bond acceptors (Lipinski definition) is 5. The van der Waals surface area contributed by atoms with Crippen LogP contribution in [0.5, 0.6) is 5.75 Å². The summed E-state index contributed by atoms with van der Waals surface area (Å²) in [6.45, 7) is -0.0389. The molecule has 0 radical (unpaired) electrons. The zero-order chi connectivity index (χ0) is 18.9. The van der Waals surface area contributed by atoms with Crippen molar-refractivity contribution in [2.75, 3.05) is 13.2 Å². The van der Waals surface area contributed by atoms with E-state index in [-0.39, 0.29) is 6.61 Å². The van der Waals surface area contributed by atoms with Crippen LogP contribution in [0.4, 0.5) is 4.79 Å². The van der Waals surface area contributed by atoms with Crippen molar-refractivity contribution in [3.05, 3.63) is 65.7 Å². The van der Waals surface area contributed by atoms with Crippen molar-refractivity contribution in [2.24, 2.45) is 0 Å². The average Bonchev–Trinajstić information content (AvgIpc) is 2.92. The summed E-state index contributed by atoms with van der Waals surface area (Å²) in [4.78, 5) is 38.5. The molecule has 0 saturated carbocycles. The normalized spacial score (nSPS) is 20.8. The maximum Gasteiger partial charge on any atom is 0.326 e. The molecule has 1 spiro atoms. The van der Waals surface area contributed by atoms with Crippen molar-refractivity contribution in [3.63, 3.8) is 0 Å². The summed E-state index contributed by atoms with van der Waals surface area (Å²) < 4.78 is 10.8. The SMILES string of the molecule is O=C(CN1C(=O)N[C@@]2(CCOc3ccccc32)C1=O)OCc1ccccc1. The number of fused-ring (bicyclic) bond motifs is 2. The van der Waals surface area contributed by atoms with Gasteiger partial charge in [-0.2, -0.15) is 0 Å². The Morgan fingerprint density at radius 1 is 1.11 bits per heavy atom. The number of benzene rings is 2. The van der Waals surface area contributed by atoms with Crippen molar-refractivity contribution in [1.82, 2.24) is 10.2 Å². The highest BCUT2D eigenvalue weighted by Gasteiger charge is 2.55. The van der Waals surface area contributed by atoms with E-state index in [9.17, 15) is 14.4 Å². The molecule has 2 aliphatic rings. The van der Waals surface area contributed by atoms with Gasteiger partial charge in [-0.3, -0.25) is 14.5 Å². The number of para-hydroxylation sites is 1. The highest BCUT2D eigenvalue weighted by atomic mass is 16.5. The number of carbonyl (C=O) groups is 3. The van der Waals surface area contributed by atoms with Gasteiger partial charge in [0.15, 0.2) is 5.54 Å². The molecule has 2 heterocycles. The Kier molecular flexibility index (Phi) is 4.27. The van der Waals surface area contributed by atoms with Gasteiger partial charge in [0.2, 0.25) is 0 Å². The van der Waals surface area contributed by atoms with Crippen LogP contribution in [0, 0.1) is 0 Å². The van der Waals surface area contributed by atoms with Gasteiger partial charge in [-0.25, -0.2) is 4.79 Å². The van der Waals surface area contributed by atoms with E-state index in [0.29, 0.717) is 24.3 Å². The fraction of sp³-hybridized carbons (Fsp3) is 0.250. The molecule has 7 heteroatoms. The number of amides is 3. The quantitative estimate of drug-likeness (QED) is 0.660. The van der Waals surface area contributed by atoms with Crippen LogP contribution in [0.1, 0.15) is 17.5 Å². The average molecular weight is 366 g/mol. The molecule has 0 bridgehead atoms. The minimum absolute atomic E-state index is 0.0884. The molecule has 2 aliphatic heterocycles. The van der Waals surface area contributed by atoms with Gasteiger partial charge in [-0.15, -0.1) is 0 Å². The first-order valence-corrected chi connectivity index (χ1v) is 8.66. The Hall–Kier alpha value is -3.35. The summed E-state index contributed by atoms with van der Waals surface area (Å²) >= 11 is 0. The minimum atomic E-state index is -1.19. The Morgan fingerprint density at radius 2 is 1.85 bits per heavy atom. The number of carbonyl (C=O) groups excluding carboxylic acids is 3. The van der Waals surface area contributed by atoms with E-state index in [1.165, 1.54) is 0 Å². The number of imide groups is 1. The van der Waals surface area contributed by atoms with E-state index in [1.807, 2.05) is 30.3 Å². The monoisotopic (exact) mass is 366 g/mol. The minimum Gasteiger partial charge on any atom is -0.493 e. The zero-order valence-electron chi connectivity index (χ0n) is 14.5. The second kappa shape index (κ2) is 6.75. The van der Waals surface area contributed by atoms with Crippen LogP contribution >= 0.6 is 0 Å². The molecule has 1 saturated heterocycles. The van der Waals surface area contributed by atoms with E-state index in [2.05, 4.69) is 5.32 Å². The first kappa shape index (κ1) is 17.1. The maximum absolute atomic E-state index is 13.0. The predicted octanol–water partition coefficient (Wildman–Crippen LogP) is 1.96. The van der Waals surface area contributed by atoms with E-state index >= 15 is 0 Å². The molecular weight excluding hydrogens is 348 g/mol. The van der Waals surface area contributed by atoms with Gasteiger partial charge in [0.1, 0.15) is 18.9 Å². The molecule has 27 heavy (non-hydrogen) atoms. The molecule has 138 valence electrons. The van der Waals surface area contributed by atoms with Crippen molar-refractivity contribution in [1.29, 1.82) is 0 Å². The van der Waals surface area contributed by atoms with Crippen molar-refractivity contribution in [3.8, 4) is 5.75 Å². The molecule has 0 aromatic heterocycles. The first-order valence-electron chi connectivity index (χ1n) is 8.66. The highest BCUT2D eigenvalue weighted by Crippen LogP contribution is 2.40. The number of nitrogens with one attached hydrogen (secondary N) is 1. The Morgan fingerprint density at radius 3 is 2.67 bits per heavy atom. The summed E-state index contributed by atoms with van der Waals surface area (Å²) in [7, 11) is 0. The third kappa shape index (κ3) is 3.01. The molecule has 1 fully saturated rings. The second-order valence-corrected chi connectivity index (χ2v) is 6.47. The molecule has 0 aliphatic carbocycles. The lowest BCUT2D eigenvalue weighted by Gasteiger charge is -2.33. The lowest BCUT2D eigenvalue weighted by atomic mass is 9.84. The third-order valence-corrected chi connectivity index (χ3v) is 4.79. The summed E-state index contributed by atoms with van der Waals surface area (Å²) in [5.41, 5.74) is 0.249. The molecule has 2 aromatic carbocycles. The zero-order valence-corrected chi connectivity index (χ0v) is 14.5. The van der Waals surface area contributed by atoms with Crippen molar-refractivity contribution < 1.29 is 23.9 Å². The molecule has 0 unspecified atom stereocenters. The van der Waals surface area contributed by atoms with Crippen LogP contribution in [-0.4, -0.2) is 36.0 Å². The Labute approximate surface area is 155 Å². The van der Waals surface area contributed by atoms with E-state index < -0.39 is 30.0 Å². The fourth-order valence-corrected chi connectivity index (χ4v) is 3.43. The molecule has 1 atom stereocenters. The molecule has 2 aromatic rings. The van der Waals surface area contributed by atoms with E-state index in [4.69, 9.17) is 9.47 Å². The third-order valence-electron chi connectivity index (χ3n) is 4.79. The summed E-state index contributed by atoms with van der Waals surface area (Å²) in [5, 5.41) is 2.75. The second-order valence-electron chi connectivity index (χ2n) is 6.47. The first-order chi connectivity index (χ1) is 13.1. The standard InChI is InChI=1S/C20H18N2O5/c23-17(27-13-14-6-2-1-3-7-14)12-22-18(24)20(21-19(22)25)10-11-26-16-9-5-4-8-15(16)20/h1-9H,10-13H2,(H,21,25)/t20-/m1/s1. The lowest BCUT2D eigenvalue weighted by molar-refractivity contribution is -0.149. The topological polar surface area (TPSA) is 84.9 Å². The number of urea groups is 1. The van der Waals surface area contributed by atoms with Crippen LogP contribution in [-0.2, 0) is 26.5 Å². The van der Waals surface area contributed by atoms with Gasteiger partial charge in [-0.05, 0) is 11.6 Å². The number of nitrogens with zero attached hydrogens (tertiary/aromatic N) is 1. The van der Waals surface area contributed by atoms with Crippen LogP contribution in [0.15, 0.2) is 54.6 Å². The number of esters is 1. The highest BCUT2D eigenvalue weighted by molar-refractivity contribution is 6.09. The van der Waals surface area contributed by atoms with Gasteiger partial charge in [-0.1, -0.05) is 48.5 Å². The molecule has 3 amide bonds. The summed E-state index contributed by atoms with van der Waals surface area (Å²) in [6.07, 6.45) is 0.310. The van der Waals surface area contributed by atoms with Crippen LogP contribution in [0.3, 0.4) is 0 Å². The van der Waals surface area contributed by atoms with Crippen molar-refractivity contribution >= 4 is 17.9 Å². The maximum atomic E-state index is 13.0. The van der Waals surface area contributed by atoms with Crippen molar-refractivity contribution in [2.45, 2.75) is 18.6 Å². The van der Waals surface area contributed by atoms with Gasteiger partial charge in [0.05, 0.1) is 6.61 Å². The van der Waals surface area contributed by atoms with Gasteiger partial charge < -0.3 is 14.8 Å². The predicted molar refractivity (Wildman–Crippen MR) is 94.7 cm³/mol. The van der Waals surface area contributed by atoms with E-state index in [0.717, 1.165) is 10.5 Å². The fourth-order valence-electron chi connectivity index (χ4n) is 3.43. The van der Waals surface area contributed by atoms with Gasteiger partial charge in [0, 0.05) is 12.0 Å². The number of hydrogen-bond donors (Lipinski definition) is 1. The lowest BCUT2D eigenvalue weighted by Crippen LogP contribution is -2.47. The molecular formula is C20H18N2O5. The van der Waals surface area contributed by atoms with Gasteiger partial charge >= 0.3 is 12.0 Å². The number of rotatable bonds is 4. The summed E-state index contributed by atoms with van der Waals surface area (Å²) in [6, 6.07) is 15.7. The Bertz CT molecular complexity index is 898. The molecule has 4 rings (SSSR count).